The maximum Gasteiger partial charge on any atom is 0.191 e. The molecule has 4 atom stereocenters. The molecule has 0 amide bonds. The number of thioether (sulfide) groups is 1. The molecule has 2 fully saturated rings. The fourth-order valence-electron chi connectivity index (χ4n) is 6.36. The van der Waals surface area contributed by atoms with Crippen molar-refractivity contribution in [3.05, 3.63) is 89.3 Å². The molecule has 1 aromatic heterocycles. The summed E-state index contributed by atoms with van der Waals surface area (Å²) in [6.45, 7) is 5.49. The van der Waals surface area contributed by atoms with Crippen molar-refractivity contribution in [1.29, 1.82) is 0 Å². The monoisotopic (exact) mass is 505 g/mol. The zero-order valence-corrected chi connectivity index (χ0v) is 22.4. The van der Waals surface area contributed by atoms with E-state index in [9.17, 15) is 5.11 Å². The van der Waals surface area contributed by atoms with E-state index in [-0.39, 0.29) is 5.92 Å². The Morgan fingerprint density at radius 1 is 1.00 bits per heavy atom. The summed E-state index contributed by atoms with van der Waals surface area (Å²) in [5.74, 6) is 2.93. The Bertz CT molecular complexity index is 1070. The Kier molecular flexibility index (Phi) is 8.51. The van der Waals surface area contributed by atoms with E-state index in [0.717, 1.165) is 48.9 Å². The van der Waals surface area contributed by atoms with Gasteiger partial charge in [-0.2, -0.15) is 0 Å². The first-order valence-electron chi connectivity index (χ1n) is 13.9. The zero-order chi connectivity index (χ0) is 24.8. The maximum absolute atomic E-state index is 12.2. The van der Waals surface area contributed by atoms with Gasteiger partial charge in [-0.25, -0.2) is 0 Å². The first kappa shape index (κ1) is 25.6. The molecule has 2 aliphatic rings. The van der Waals surface area contributed by atoms with Gasteiger partial charge in [0.2, 0.25) is 0 Å². The highest BCUT2D eigenvalue weighted by atomic mass is 32.2. The lowest BCUT2D eigenvalue weighted by Crippen LogP contribution is -3.13. The minimum atomic E-state index is -1.08. The molecule has 2 N–H and O–H groups in total. The second-order valence-electron chi connectivity index (χ2n) is 10.8. The van der Waals surface area contributed by atoms with Crippen LogP contribution >= 0.6 is 11.8 Å². The third kappa shape index (κ3) is 5.74. The molecule has 2 aromatic carbocycles. The summed E-state index contributed by atoms with van der Waals surface area (Å²) in [6, 6.07) is 23.0. The molecule has 2 heterocycles. The van der Waals surface area contributed by atoms with E-state index in [1.807, 2.05) is 36.4 Å². The summed E-state index contributed by atoms with van der Waals surface area (Å²) in [7, 11) is 0. The lowest BCUT2D eigenvalue weighted by molar-refractivity contribution is -0.919. The van der Waals surface area contributed by atoms with Gasteiger partial charge >= 0.3 is 0 Å². The number of nitrogens with zero attached hydrogens (tertiary/aromatic N) is 1. The molecule has 5 rings (SSSR count). The smallest absolute Gasteiger partial charge is 0.191 e. The van der Waals surface area contributed by atoms with Gasteiger partial charge in [0.15, 0.2) is 5.76 Å². The first-order chi connectivity index (χ1) is 17.7. The van der Waals surface area contributed by atoms with E-state index in [1.54, 1.807) is 4.90 Å². The van der Waals surface area contributed by atoms with Crippen LogP contribution in [0.15, 0.2) is 71.3 Å². The fourth-order valence-corrected chi connectivity index (χ4v) is 7.91. The summed E-state index contributed by atoms with van der Waals surface area (Å²) in [4.78, 5) is 1.56. The number of rotatable bonds is 9. The molecule has 4 unspecified atom stereocenters. The van der Waals surface area contributed by atoms with E-state index in [2.05, 4.69) is 54.2 Å². The third-order valence-electron chi connectivity index (χ3n) is 8.50. The van der Waals surface area contributed by atoms with Gasteiger partial charge in [-0.15, -0.1) is 11.8 Å². The molecule has 36 heavy (non-hydrogen) atoms. The molecule has 1 saturated heterocycles. The maximum atomic E-state index is 12.2. The number of aliphatic hydroxyl groups is 1. The van der Waals surface area contributed by atoms with Crippen LogP contribution in [0, 0.1) is 11.8 Å². The van der Waals surface area contributed by atoms with Crippen LogP contribution in [0.5, 0.6) is 0 Å². The number of quaternary nitrogens is 1. The number of piperidine rings is 1. The molecule has 192 valence electrons. The van der Waals surface area contributed by atoms with Crippen LogP contribution in [0.1, 0.15) is 74.5 Å². The largest absolute Gasteiger partial charge is 0.378 e. The van der Waals surface area contributed by atoms with E-state index >= 15 is 0 Å². The molecular formula is C31H41N2O2S+. The number of nitrogens with one attached hydrogen (secondary N) is 1. The molecule has 1 saturated carbocycles. The van der Waals surface area contributed by atoms with Crippen molar-refractivity contribution in [3.63, 3.8) is 0 Å². The predicted molar refractivity (Wildman–Crippen MR) is 147 cm³/mol. The van der Waals surface area contributed by atoms with E-state index in [0.29, 0.717) is 10.9 Å². The van der Waals surface area contributed by atoms with Crippen molar-refractivity contribution < 1.29 is 14.5 Å². The average molecular weight is 506 g/mol. The molecule has 1 aliphatic carbocycles. The lowest BCUT2D eigenvalue weighted by atomic mass is 9.71. The second-order valence-corrected chi connectivity index (χ2v) is 12.0. The first-order valence-corrected chi connectivity index (χ1v) is 14.9. The Morgan fingerprint density at radius 2 is 1.72 bits per heavy atom. The highest BCUT2D eigenvalue weighted by molar-refractivity contribution is 7.99. The van der Waals surface area contributed by atoms with Crippen LogP contribution in [0.2, 0.25) is 0 Å². The Labute approximate surface area is 220 Å². The summed E-state index contributed by atoms with van der Waals surface area (Å²) in [5, 5.41) is 17.3. The van der Waals surface area contributed by atoms with Gasteiger partial charge in [-0.05, 0) is 35.8 Å². The molecule has 3 aromatic rings. The van der Waals surface area contributed by atoms with Gasteiger partial charge in [0, 0.05) is 18.2 Å². The van der Waals surface area contributed by atoms with E-state index in [1.165, 1.54) is 44.2 Å². The molecule has 0 spiro atoms. The summed E-state index contributed by atoms with van der Waals surface area (Å²) in [5.41, 5.74) is 1.95. The SMILES string of the molecule is CCC1CC[NH+](Cc2cc(C(O)(c3ccccc3)C3CCCCC3)no2)CC1SCc1ccccc1. The number of likely N-dealkylation sites (tertiary alicyclic amines) is 1. The summed E-state index contributed by atoms with van der Waals surface area (Å²) >= 11 is 2.12. The van der Waals surface area contributed by atoms with Crippen LogP contribution in [-0.2, 0) is 17.9 Å². The summed E-state index contributed by atoms with van der Waals surface area (Å²) < 4.78 is 5.91. The average Bonchev–Trinajstić information content (AvgIpc) is 3.42. The van der Waals surface area contributed by atoms with Gasteiger partial charge in [-0.1, -0.05) is 98.4 Å². The van der Waals surface area contributed by atoms with Crippen molar-refractivity contribution in [2.24, 2.45) is 11.8 Å². The van der Waals surface area contributed by atoms with E-state index in [4.69, 9.17) is 4.52 Å². The van der Waals surface area contributed by atoms with Crippen LogP contribution in [0.25, 0.3) is 0 Å². The Hall–Kier alpha value is -2.08. The third-order valence-corrected chi connectivity index (χ3v) is 9.98. The molecular weight excluding hydrogens is 464 g/mol. The van der Waals surface area contributed by atoms with Gasteiger partial charge in [0.05, 0.1) is 18.3 Å². The molecule has 5 heteroatoms. The number of aromatic nitrogens is 1. The molecule has 1 aliphatic heterocycles. The van der Waals surface area contributed by atoms with Crippen molar-refractivity contribution in [3.8, 4) is 0 Å². The molecule has 4 nitrogen and oxygen atoms in total. The normalized spacial score (nSPS) is 24.9. The van der Waals surface area contributed by atoms with Crippen LogP contribution in [0.3, 0.4) is 0 Å². The van der Waals surface area contributed by atoms with Crippen LogP contribution in [-0.4, -0.2) is 28.6 Å². The van der Waals surface area contributed by atoms with E-state index < -0.39 is 5.60 Å². The lowest BCUT2D eigenvalue weighted by Gasteiger charge is -2.37. The van der Waals surface area contributed by atoms with Gasteiger partial charge < -0.3 is 14.5 Å². The van der Waals surface area contributed by atoms with Crippen LogP contribution < -0.4 is 4.90 Å². The van der Waals surface area contributed by atoms with Gasteiger partial charge in [0.1, 0.15) is 17.8 Å². The van der Waals surface area contributed by atoms with Crippen molar-refractivity contribution in [1.82, 2.24) is 5.16 Å². The topological polar surface area (TPSA) is 50.7 Å². The Morgan fingerprint density at radius 3 is 2.44 bits per heavy atom. The zero-order valence-electron chi connectivity index (χ0n) is 21.6. The summed E-state index contributed by atoms with van der Waals surface area (Å²) in [6.07, 6.45) is 8.17. The van der Waals surface area contributed by atoms with Crippen molar-refractivity contribution in [2.75, 3.05) is 13.1 Å². The highest BCUT2D eigenvalue weighted by Crippen LogP contribution is 2.43. The fraction of sp³-hybridized carbons (Fsp3) is 0.516. The second kappa shape index (κ2) is 12.0. The quantitative estimate of drug-likeness (QED) is 0.397. The standard InChI is InChI=1S/C31H40N2O2S/c1-2-25-18-19-33(22-29(25)36-23-24-12-6-3-7-13-24)21-28-20-30(32-35-28)31(34,26-14-8-4-9-15-26)27-16-10-5-11-17-27/h3-4,6-9,12-15,20,25,27,29,34H,2,5,10-11,16-19,21-23H2,1H3/p+1. The molecule has 0 bridgehead atoms. The van der Waals surface area contributed by atoms with Gasteiger partial charge in [0.25, 0.3) is 0 Å². The number of hydrogen-bond donors (Lipinski definition) is 2. The number of benzene rings is 2. The van der Waals surface area contributed by atoms with Crippen molar-refractivity contribution >= 4 is 11.8 Å². The number of hydrogen-bond acceptors (Lipinski definition) is 4. The minimum absolute atomic E-state index is 0.179. The predicted octanol–water partition coefficient (Wildman–Crippen LogP) is 5.61. The highest BCUT2D eigenvalue weighted by Gasteiger charge is 2.43. The Balaban J connectivity index is 1.29. The van der Waals surface area contributed by atoms with Crippen molar-refractivity contribution in [2.45, 2.75) is 75.0 Å². The minimum Gasteiger partial charge on any atom is -0.378 e. The molecule has 0 radical (unpaired) electrons. The van der Waals surface area contributed by atoms with Crippen LogP contribution in [0.4, 0.5) is 0 Å². The van der Waals surface area contributed by atoms with Gasteiger partial charge in [-0.3, -0.25) is 0 Å².